The molecule has 1 aromatic rings. The van der Waals surface area contributed by atoms with E-state index in [9.17, 15) is 14.4 Å². The van der Waals surface area contributed by atoms with Crippen LogP contribution in [0.3, 0.4) is 0 Å². The van der Waals surface area contributed by atoms with Crippen LogP contribution in [0.5, 0.6) is 5.75 Å². The molecule has 1 N–H and O–H groups in total. The van der Waals surface area contributed by atoms with E-state index >= 15 is 0 Å². The quantitative estimate of drug-likeness (QED) is 0.514. The molecule has 0 radical (unpaired) electrons. The second kappa shape index (κ2) is 6.48. The minimum Gasteiger partial charge on any atom is -0.496 e. The maximum atomic E-state index is 12.1. The van der Waals surface area contributed by atoms with E-state index in [1.165, 1.54) is 20.3 Å². The minimum atomic E-state index is -0.692. The highest BCUT2D eigenvalue weighted by atomic mass is 35.5. The lowest BCUT2D eigenvalue weighted by Crippen LogP contribution is -2.36. The molecule has 0 unspecified atom stereocenters. The van der Waals surface area contributed by atoms with Crippen molar-refractivity contribution in [3.63, 3.8) is 0 Å². The summed E-state index contributed by atoms with van der Waals surface area (Å²) >= 11 is 5.91. The van der Waals surface area contributed by atoms with Crippen molar-refractivity contribution in [2.45, 2.75) is 0 Å². The number of imide groups is 1. The lowest BCUT2D eigenvalue weighted by atomic mass is 10.1. The predicted octanol–water partition coefficient (Wildman–Crippen LogP) is 1.41. The van der Waals surface area contributed by atoms with Gasteiger partial charge in [0.1, 0.15) is 18.0 Å². The van der Waals surface area contributed by atoms with E-state index in [4.69, 9.17) is 16.3 Å². The Morgan fingerprint density at radius 2 is 2.09 bits per heavy atom. The highest BCUT2D eigenvalue weighted by molar-refractivity contribution is 6.30. The largest absolute Gasteiger partial charge is 0.496 e. The van der Waals surface area contributed by atoms with Crippen LogP contribution in [0, 0.1) is 0 Å². The monoisotopic (exact) mass is 324 g/mol. The molecule has 1 fully saturated rings. The first-order valence-corrected chi connectivity index (χ1v) is 6.59. The van der Waals surface area contributed by atoms with E-state index in [0.29, 0.717) is 16.3 Å². The number of ether oxygens (including phenoxy) is 2. The van der Waals surface area contributed by atoms with Crippen molar-refractivity contribution in [1.29, 1.82) is 0 Å². The van der Waals surface area contributed by atoms with Gasteiger partial charge in [-0.25, -0.2) is 9.69 Å². The van der Waals surface area contributed by atoms with Gasteiger partial charge in [-0.1, -0.05) is 11.6 Å². The van der Waals surface area contributed by atoms with Crippen LogP contribution in [-0.2, 0) is 14.3 Å². The first kappa shape index (κ1) is 15.8. The van der Waals surface area contributed by atoms with Crippen molar-refractivity contribution in [3.8, 4) is 5.75 Å². The number of hydrogen-bond donors (Lipinski definition) is 1. The van der Waals surface area contributed by atoms with Crippen molar-refractivity contribution in [1.82, 2.24) is 10.2 Å². The third-order valence-corrected chi connectivity index (χ3v) is 3.20. The Balaban J connectivity index is 2.30. The molecular weight excluding hydrogens is 312 g/mol. The Morgan fingerprint density at radius 1 is 1.36 bits per heavy atom. The van der Waals surface area contributed by atoms with Crippen LogP contribution in [0.25, 0.3) is 6.08 Å². The summed E-state index contributed by atoms with van der Waals surface area (Å²) in [6.07, 6.45) is 1.43. The van der Waals surface area contributed by atoms with Crippen molar-refractivity contribution >= 4 is 35.6 Å². The molecule has 0 saturated carbocycles. The van der Waals surface area contributed by atoms with Crippen molar-refractivity contribution in [3.05, 3.63) is 34.5 Å². The summed E-state index contributed by atoms with van der Waals surface area (Å²) in [5, 5.41) is 2.85. The summed E-state index contributed by atoms with van der Waals surface area (Å²) in [6.45, 7) is -0.453. The zero-order valence-electron chi connectivity index (χ0n) is 11.9. The zero-order chi connectivity index (χ0) is 16.3. The fourth-order valence-corrected chi connectivity index (χ4v) is 2.06. The molecule has 0 bridgehead atoms. The van der Waals surface area contributed by atoms with E-state index in [-0.39, 0.29) is 5.70 Å². The number of carbonyl (C=O) groups excluding carboxylic acids is 3. The van der Waals surface area contributed by atoms with Crippen LogP contribution in [0.1, 0.15) is 5.56 Å². The van der Waals surface area contributed by atoms with Gasteiger partial charge in [-0.15, -0.1) is 0 Å². The van der Waals surface area contributed by atoms with Crippen LogP contribution in [0.15, 0.2) is 23.9 Å². The SMILES string of the molecule is COC(=O)CN1C(=O)NC(=Cc2cc(Cl)ccc2OC)C1=O. The van der Waals surface area contributed by atoms with Gasteiger partial charge < -0.3 is 14.8 Å². The molecule has 8 heteroatoms. The standard InChI is InChI=1S/C14H13ClN2O5/c1-21-11-4-3-9(15)5-8(11)6-10-13(19)17(14(20)16-10)7-12(18)22-2/h3-6H,7H2,1-2H3,(H,16,20). The highest BCUT2D eigenvalue weighted by Gasteiger charge is 2.35. The van der Waals surface area contributed by atoms with Gasteiger partial charge in [0.05, 0.1) is 14.2 Å². The maximum Gasteiger partial charge on any atom is 0.329 e. The average Bonchev–Trinajstić information content (AvgIpc) is 2.75. The Labute approximate surface area is 131 Å². The lowest BCUT2D eigenvalue weighted by Gasteiger charge is -2.09. The molecule has 2 rings (SSSR count). The number of benzene rings is 1. The van der Waals surface area contributed by atoms with Crippen LogP contribution < -0.4 is 10.1 Å². The number of carbonyl (C=O) groups is 3. The third kappa shape index (κ3) is 3.20. The average molecular weight is 325 g/mol. The van der Waals surface area contributed by atoms with Crippen LogP contribution in [0.2, 0.25) is 5.02 Å². The molecule has 3 amide bonds. The van der Waals surface area contributed by atoms with Gasteiger partial charge in [0.15, 0.2) is 0 Å². The van der Waals surface area contributed by atoms with Crippen molar-refractivity contribution in [2.24, 2.45) is 0 Å². The van der Waals surface area contributed by atoms with Crippen LogP contribution in [0.4, 0.5) is 4.79 Å². The molecule has 1 heterocycles. The van der Waals surface area contributed by atoms with Crippen molar-refractivity contribution < 1.29 is 23.9 Å². The molecule has 116 valence electrons. The van der Waals surface area contributed by atoms with E-state index in [1.807, 2.05) is 0 Å². The Bertz CT molecular complexity index is 671. The number of amides is 3. The lowest BCUT2D eigenvalue weighted by molar-refractivity contribution is -0.143. The smallest absolute Gasteiger partial charge is 0.329 e. The van der Waals surface area contributed by atoms with E-state index in [1.54, 1.807) is 18.2 Å². The second-order valence-electron chi connectivity index (χ2n) is 4.34. The number of halogens is 1. The first-order valence-electron chi connectivity index (χ1n) is 6.21. The molecule has 0 spiro atoms. The number of urea groups is 1. The summed E-state index contributed by atoms with van der Waals surface area (Å²) < 4.78 is 9.61. The number of methoxy groups -OCH3 is 2. The summed E-state index contributed by atoms with van der Waals surface area (Å²) in [6, 6.07) is 4.18. The van der Waals surface area contributed by atoms with Crippen molar-refractivity contribution in [2.75, 3.05) is 20.8 Å². The Hall–Kier alpha value is -2.54. The molecule has 1 saturated heterocycles. The number of rotatable bonds is 4. The minimum absolute atomic E-state index is 0.0227. The van der Waals surface area contributed by atoms with E-state index in [0.717, 1.165) is 4.90 Å². The molecule has 1 aliphatic heterocycles. The fraction of sp³-hybridized carbons (Fsp3) is 0.214. The number of hydrogen-bond acceptors (Lipinski definition) is 5. The van der Waals surface area contributed by atoms with Gasteiger partial charge >= 0.3 is 12.0 Å². The number of nitrogens with zero attached hydrogens (tertiary/aromatic N) is 1. The van der Waals surface area contributed by atoms with Crippen LogP contribution >= 0.6 is 11.6 Å². The van der Waals surface area contributed by atoms with Gasteiger partial charge in [0, 0.05) is 10.6 Å². The molecule has 0 atom stereocenters. The number of nitrogens with one attached hydrogen (secondary N) is 1. The number of esters is 1. The molecule has 7 nitrogen and oxygen atoms in total. The molecule has 1 aromatic carbocycles. The third-order valence-electron chi connectivity index (χ3n) is 2.97. The summed E-state index contributed by atoms with van der Waals surface area (Å²) in [5.41, 5.74) is 0.549. The normalized spacial score (nSPS) is 16.0. The van der Waals surface area contributed by atoms with Gasteiger partial charge in [-0.2, -0.15) is 0 Å². The van der Waals surface area contributed by atoms with Crippen LogP contribution in [-0.4, -0.2) is 43.6 Å². The summed E-state index contributed by atoms with van der Waals surface area (Å²) in [5.74, 6) is -0.826. The van der Waals surface area contributed by atoms with Gasteiger partial charge in [0.25, 0.3) is 5.91 Å². The first-order chi connectivity index (χ1) is 10.5. The second-order valence-corrected chi connectivity index (χ2v) is 4.78. The van der Waals surface area contributed by atoms with E-state index in [2.05, 4.69) is 10.1 Å². The molecule has 22 heavy (non-hydrogen) atoms. The Morgan fingerprint density at radius 3 is 2.73 bits per heavy atom. The zero-order valence-corrected chi connectivity index (χ0v) is 12.6. The van der Waals surface area contributed by atoms with Gasteiger partial charge in [-0.05, 0) is 24.3 Å². The Kier molecular flexibility index (Phi) is 4.67. The van der Waals surface area contributed by atoms with Gasteiger partial charge in [-0.3, -0.25) is 9.59 Å². The summed E-state index contributed by atoms with van der Waals surface area (Å²) in [4.78, 5) is 35.9. The van der Waals surface area contributed by atoms with E-state index < -0.39 is 24.5 Å². The fourth-order valence-electron chi connectivity index (χ4n) is 1.88. The highest BCUT2D eigenvalue weighted by Crippen LogP contribution is 2.25. The molecule has 1 aliphatic rings. The maximum absolute atomic E-state index is 12.1. The van der Waals surface area contributed by atoms with Gasteiger partial charge in [0.2, 0.25) is 0 Å². The summed E-state index contributed by atoms with van der Waals surface area (Å²) in [7, 11) is 2.65. The molecular formula is C14H13ClN2O5. The molecule has 0 aliphatic carbocycles. The topological polar surface area (TPSA) is 84.9 Å². The molecule has 0 aromatic heterocycles. The predicted molar refractivity (Wildman–Crippen MR) is 78.2 cm³/mol.